The van der Waals surface area contributed by atoms with Crippen LogP contribution in [0.25, 0.3) is 0 Å². The summed E-state index contributed by atoms with van der Waals surface area (Å²) in [6.45, 7) is 7.14. The SMILES string of the molecule is CCC(C(C)C)C1CCCCC1. The van der Waals surface area contributed by atoms with E-state index in [9.17, 15) is 0 Å². The van der Waals surface area contributed by atoms with Crippen molar-refractivity contribution in [2.24, 2.45) is 17.8 Å². The Morgan fingerprint density at radius 1 is 1.08 bits per heavy atom. The molecule has 0 nitrogen and oxygen atoms in total. The van der Waals surface area contributed by atoms with Crippen molar-refractivity contribution in [1.82, 2.24) is 0 Å². The van der Waals surface area contributed by atoms with Gasteiger partial charge in [-0.15, -0.1) is 0 Å². The molecule has 0 spiro atoms. The highest BCUT2D eigenvalue weighted by molar-refractivity contribution is 4.75. The van der Waals surface area contributed by atoms with Gasteiger partial charge in [0.05, 0.1) is 0 Å². The van der Waals surface area contributed by atoms with Gasteiger partial charge >= 0.3 is 0 Å². The molecule has 0 aromatic carbocycles. The maximum Gasteiger partial charge on any atom is -0.0365 e. The van der Waals surface area contributed by atoms with Crippen LogP contribution < -0.4 is 0 Å². The van der Waals surface area contributed by atoms with Gasteiger partial charge in [-0.25, -0.2) is 0 Å². The van der Waals surface area contributed by atoms with Crippen LogP contribution >= 0.6 is 0 Å². The monoisotopic (exact) mass is 168 g/mol. The van der Waals surface area contributed by atoms with Crippen molar-refractivity contribution in [2.45, 2.75) is 59.3 Å². The molecule has 12 heavy (non-hydrogen) atoms. The van der Waals surface area contributed by atoms with Crippen molar-refractivity contribution < 1.29 is 0 Å². The summed E-state index contributed by atoms with van der Waals surface area (Å²) in [4.78, 5) is 0. The average Bonchev–Trinajstić information content (AvgIpc) is 2.07. The third-order valence-electron chi connectivity index (χ3n) is 3.58. The van der Waals surface area contributed by atoms with E-state index in [1.807, 2.05) is 0 Å². The van der Waals surface area contributed by atoms with E-state index < -0.39 is 0 Å². The second kappa shape index (κ2) is 4.89. The molecule has 0 heteroatoms. The molecule has 1 saturated carbocycles. The van der Waals surface area contributed by atoms with E-state index in [2.05, 4.69) is 20.8 Å². The van der Waals surface area contributed by atoms with Crippen LogP contribution in [-0.4, -0.2) is 0 Å². The van der Waals surface area contributed by atoms with E-state index in [1.165, 1.54) is 38.5 Å². The van der Waals surface area contributed by atoms with Crippen LogP contribution in [0, 0.1) is 17.8 Å². The van der Waals surface area contributed by atoms with Crippen LogP contribution in [0.1, 0.15) is 59.3 Å². The van der Waals surface area contributed by atoms with Gasteiger partial charge in [-0.1, -0.05) is 59.3 Å². The van der Waals surface area contributed by atoms with Gasteiger partial charge in [0, 0.05) is 0 Å². The van der Waals surface area contributed by atoms with Crippen molar-refractivity contribution in [3.8, 4) is 0 Å². The van der Waals surface area contributed by atoms with Crippen molar-refractivity contribution >= 4 is 0 Å². The summed E-state index contributed by atoms with van der Waals surface area (Å²) in [7, 11) is 0. The lowest BCUT2D eigenvalue weighted by Crippen LogP contribution is -2.21. The second-order valence-corrected chi connectivity index (χ2v) is 4.71. The molecule has 0 aromatic rings. The fourth-order valence-corrected chi connectivity index (χ4v) is 2.91. The summed E-state index contributed by atoms with van der Waals surface area (Å²) >= 11 is 0. The van der Waals surface area contributed by atoms with Crippen LogP contribution in [-0.2, 0) is 0 Å². The molecule has 0 radical (unpaired) electrons. The first-order valence-electron chi connectivity index (χ1n) is 5.75. The van der Waals surface area contributed by atoms with E-state index in [1.54, 1.807) is 0 Å². The standard InChI is InChI=1S/C12H24/c1-4-12(10(2)3)11-8-6-5-7-9-11/h10-12H,4-9H2,1-3H3. The molecule has 0 saturated heterocycles. The van der Waals surface area contributed by atoms with E-state index in [0.29, 0.717) is 0 Å². The number of rotatable bonds is 3. The van der Waals surface area contributed by atoms with Crippen molar-refractivity contribution in [3.05, 3.63) is 0 Å². The number of hydrogen-bond donors (Lipinski definition) is 0. The Kier molecular flexibility index (Phi) is 4.11. The molecular formula is C12H24. The summed E-state index contributed by atoms with van der Waals surface area (Å²) in [6, 6.07) is 0. The largest absolute Gasteiger partial charge is 0.0651 e. The molecule has 0 amide bonds. The molecule has 0 N–H and O–H groups in total. The van der Waals surface area contributed by atoms with Crippen molar-refractivity contribution in [3.63, 3.8) is 0 Å². The zero-order chi connectivity index (χ0) is 8.97. The summed E-state index contributed by atoms with van der Waals surface area (Å²) in [5.41, 5.74) is 0. The molecule has 72 valence electrons. The van der Waals surface area contributed by atoms with Crippen LogP contribution in [0.4, 0.5) is 0 Å². The zero-order valence-electron chi connectivity index (χ0n) is 8.97. The van der Waals surface area contributed by atoms with Gasteiger partial charge in [-0.05, 0) is 17.8 Å². The quantitative estimate of drug-likeness (QED) is 0.591. The van der Waals surface area contributed by atoms with Crippen molar-refractivity contribution in [2.75, 3.05) is 0 Å². The van der Waals surface area contributed by atoms with E-state index in [4.69, 9.17) is 0 Å². The van der Waals surface area contributed by atoms with Gasteiger partial charge in [0.1, 0.15) is 0 Å². The maximum absolute atomic E-state index is 2.39. The number of hydrogen-bond acceptors (Lipinski definition) is 0. The Morgan fingerprint density at radius 3 is 2.08 bits per heavy atom. The molecule has 1 unspecified atom stereocenters. The topological polar surface area (TPSA) is 0 Å². The molecule has 1 fully saturated rings. The molecule has 1 aliphatic carbocycles. The first-order valence-corrected chi connectivity index (χ1v) is 5.75. The minimum absolute atomic E-state index is 0.901. The highest BCUT2D eigenvalue weighted by atomic mass is 14.3. The second-order valence-electron chi connectivity index (χ2n) is 4.71. The molecule has 1 rings (SSSR count). The molecule has 0 bridgehead atoms. The van der Waals surface area contributed by atoms with Crippen LogP contribution in [0.15, 0.2) is 0 Å². The molecule has 0 aromatic heterocycles. The van der Waals surface area contributed by atoms with Crippen LogP contribution in [0.5, 0.6) is 0 Å². The highest BCUT2D eigenvalue weighted by Gasteiger charge is 2.24. The van der Waals surface area contributed by atoms with Gasteiger partial charge in [0.25, 0.3) is 0 Å². The molecule has 0 heterocycles. The Bertz CT molecular complexity index is 109. The fraction of sp³-hybridized carbons (Fsp3) is 1.00. The van der Waals surface area contributed by atoms with E-state index in [-0.39, 0.29) is 0 Å². The van der Waals surface area contributed by atoms with Gasteiger partial charge in [0.15, 0.2) is 0 Å². The Balaban J connectivity index is 2.40. The predicted octanol–water partition coefficient (Wildman–Crippen LogP) is 4.25. The van der Waals surface area contributed by atoms with E-state index in [0.717, 1.165) is 17.8 Å². The molecule has 0 aliphatic heterocycles. The van der Waals surface area contributed by atoms with Crippen molar-refractivity contribution in [1.29, 1.82) is 0 Å². The molecule has 1 atom stereocenters. The Labute approximate surface area is 77.7 Å². The highest BCUT2D eigenvalue weighted by Crippen LogP contribution is 2.35. The average molecular weight is 168 g/mol. The minimum Gasteiger partial charge on any atom is -0.0651 e. The zero-order valence-corrected chi connectivity index (χ0v) is 8.97. The normalized spacial score (nSPS) is 23.0. The summed E-state index contributed by atoms with van der Waals surface area (Å²) in [5.74, 6) is 2.96. The predicted molar refractivity (Wildman–Crippen MR) is 55.2 cm³/mol. The van der Waals surface area contributed by atoms with Gasteiger partial charge in [0.2, 0.25) is 0 Å². The van der Waals surface area contributed by atoms with Crippen LogP contribution in [0.3, 0.4) is 0 Å². The lowest BCUT2D eigenvalue weighted by Gasteiger charge is -2.32. The summed E-state index contributed by atoms with van der Waals surface area (Å²) in [5, 5.41) is 0. The molecular weight excluding hydrogens is 144 g/mol. The first-order chi connectivity index (χ1) is 5.75. The first kappa shape index (κ1) is 10.1. The maximum atomic E-state index is 2.39. The third kappa shape index (κ3) is 2.50. The van der Waals surface area contributed by atoms with Gasteiger partial charge in [-0.2, -0.15) is 0 Å². The third-order valence-corrected chi connectivity index (χ3v) is 3.58. The van der Waals surface area contributed by atoms with E-state index >= 15 is 0 Å². The lowest BCUT2D eigenvalue weighted by atomic mass is 9.74. The smallest absolute Gasteiger partial charge is 0.0365 e. The Hall–Kier alpha value is 0. The van der Waals surface area contributed by atoms with Gasteiger partial charge in [-0.3, -0.25) is 0 Å². The molecule has 1 aliphatic rings. The minimum atomic E-state index is 0.901. The Morgan fingerprint density at radius 2 is 1.67 bits per heavy atom. The van der Waals surface area contributed by atoms with Crippen LogP contribution in [0.2, 0.25) is 0 Å². The lowest BCUT2D eigenvalue weighted by molar-refractivity contribution is 0.190. The fourth-order valence-electron chi connectivity index (χ4n) is 2.91. The van der Waals surface area contributed by atoms with Gasteiger partial charge < -0.3 is 0 Å². The summed E-state index contributed by atoms with van der Waals surface area (Å²) in [6.07, 6.45) is 8.89. The summed E-state index contributed by atoms with van der Waals surface area (Å²) < 4.78 is 0.